The molecule has 15 heavy (non-hydrogen) atoms. The zero-order valence-corrected chi connectivity index (χ0v) is 10.3. The van der Waals surface area contributed by atoms with Crippen molar-refractivity contribution in [3.05, 3.63) is 0 Å². The van der Waals surface area contributed by atoms with Crippen LogP contribution in [0.2, 0.25) is 0 Å². The summed E-state index contributed by atoms with van der Waals surface area (Å²) in [5.41, 5.74) is 0. The van der Waals surface area contributed by atoms with Crippen LogP contribution in [0.5, 0.6) is 0 Å². The van der Waals surface area contributed by atoms with Gasteiger partial charge in [0.1, 0.15) is 0 Å². The molecule has 3 nitrogen and oxygen atoms in total. The van der Waals surface area contributed by atoms with Gasteiger partial charge in [-0.25, -0.2) is 0 Å². The molecule has 0 aromatic rings. The van der Waals surface area contributed by atoms with Crippen molar-refractivity contribution < 1.29 is 9.84 Å². The highest BCUT2D eigenvalue weighted by Gasteiger charge is 2.32. The van der Waals surface area contributed by atoms with Gasteiger partial charge in [-0.3, -0.25) is 4.90 Å². The summed E-state index contributed by atoms with van der Waals surface area (Å²) in [7, 11) is 1.74. The van der Waals surface area contributed by atoms with Gasteiger partial charge in [-0.05, 0) is 32.6 Å². The van der Waals surface area contributed by atoms with Crippen LogP contribution in [0.15, 0.2) is 0 Å². The highest BCUT2D eigenvalue weighted by atomic mass is 16.5. The second-order valence-electron chi connectivity index (χ2n) is 4.55. The molecule has 0 amide bonds. The topological polar surface area (TPSA) is 32.7 Å². The predicted molar refractivity (Wildman–Crippen MR) is 62.0 cm³/mol. The fourth-order valence-electron chi connectivity index (χ4n) is 2.45. The Balaban J connectivity index is 2.53. The summed E-state index contributed by atoms with van der Waals surface area (Å²) >= 11 is 0. The molecule has 0 radical (unpaired) electrons. The maximum absolute atomic E-state index is 9.92. The van der Waals surface area contributed by atoms with Gasteiger partial charge in [0.15, 0.2) is 0 Å². The molecule has 0 saturated heterocycles. The van der Waals surface area contributed by atoms with Crippen LogP contribution in [-0.4, -0.2) is 48.5 Å². The van der Waals surface area contributed by atoms with Crippen molar-refractivity contribution in [2.24, 2.45) is 0 Å². The molecule has 0 bridgehead atoms. The van der Waals surface area contributed by atoms with Crippen molar-refractivity contribution in [3.8, 4) is 0 Å². The van der Waals surface area contributed by atoms with Crippen LogP contribution < -0.4 is 0 Å². The quantitative estimate of drug-likeness (QED) is 0.731. The molecule has 0 aliphatic heterocycles. The molecular formula is C12H25NO2. The lowest BCUT2D eigenvalue weighted by Crippen LogP contribution is -2.47. The van der Waals surface area contributed by atoms with E-state index in [0.717, 1.165) is 38.8 Å². The summed E-state index contributed by atoms with van der Waals surface area (Å²) < 4.78 is 5.14. The Morgan fingerprint density at radius 1 is 1.47 bits per heavy atom. The zero-order chi connectivity index (χ0) is 11.3. The number of rotatable bonds is 6. The average Bonchev–Trinajstić information content (AvgIpc) is 2.65. The second-order valence-corrected chi connectivity index (χ2v) is 4.55. The van der Waals surface area contributed by atoms with Crippen molar-refractivity contribution in [3.63, 3.8) is 0 Å². The molecule has 1 rings (SSSR count). The SMILES string of the molecule is CCC(C)N(CCOC)[C@@H]1CCC[C@H]1O. The van der Waals surface area contributed by atoms with Crippen molar-refractivity contribution in [1.29, 1.82) is 0 Å². The van der Waals surface area contributed by atoms with Gasteiger partial charge in [0.2, 0.25) is 0 Å². The predicted octanol–water partition coefficient (Wildman–Crippen LogP) is 1.65. The van der Waals surface area contributed by atoms with Gasteiger partial charge in [0, 0.05) is 25.7 Å². The Hall–Kier alpha value is -0.120. The van der Waals surface area contributed by atoms with E-state index >= 15 is 0 Å². The number of methoxy groups -OCH3 is 1. The maximum atomic E-state index is 9.92. The van der Waals surface area contributed by atoms with Gasteiger partial charge < -0.3 is 9.84 Å². The van der Waals surface area contributed by atoms with Gasteiger partial charge in [-0.15, -0.1) is 0 Å². The van der Waals surface area contributed by atoms with Gasteiger partial charge in [0.05, 0.1) is 12.7 Å². The smallest absolute Gasteiger partial charge is 0.0695 e. The first-order valence-corrected chi connectivity index (χ1v) is 6.13. The number of hydrogen-bond acceptors (Lipinski definition) is 3. The molecule has 90 valence electrons. The highest BCUT2D eigenvalue weighted by molar-refractivity contribution is 4.87. The van der Waals surface area contributed by atoms with Crippen molar-refractivity contribution in [1.82, 2.24) is 4.90 Å². The number of nitrogens with zero attached hydrogens (tertiary/aromatic N) is 1. The van der Waals surface area contributed by atoms with Crippen molar-refractivity contribution in [2.45, 2.75) is 57.7 Å². The van der Waals surface area contributed by atoms with Crippen LogP contribution in [0.3, 0.4) is 0 Å². The first-order chi connectivity index (χ1) is 7.20. The maximum Gasteiger partial charge on any atom is 0.0695 e. The third-order valence-corrected chi connectivity index (χ3v) is 3.58. The largest absolute Gasteiger partial charge is 0.391 e. The lowest BCUT2D eigenvalue weighted by Gasteiger charge is -2.35. The lowest BCUT2D eigenvalue weighted by atomic mass is 10.1. The van der Waals surface area contributed by atoms with E-state index in [4.69, 9.17) is 4.74 Å². The Kier molecular flexibility index (Phi) is 5.58. The van der Waals surface area contributed by atoms with Crippen LogP contribution in [0, 0.1) is 0 Å². The Morgan fingerprint density at radius 2 is 2.20 bits per heavy atom. The molecule has 1 N–H and O–H groups in total. The zero-order valence-electron chi connectivity index (χ0n) is 10.3. The molecular weight excluding hydrogens is 190 g/mol. The lowest BCUT2D eigenvalue weighted by molar-refractivity contribution is 0.0287. The molecule has 1 saturated carbocycles. The van der Waals surface area contributed by atoms with Crippen LogP contribution in [0.1, 0.15) is 39.5 Å². The van der Waals surface area contributed by atoms with Crippen molar-refractivity contribution in [2.75, 3.05) is 20.3 Å². The minimum absolute atomic E-state index is 0.129. The molecule has 0 aromatic heterocycles. The summed E-state index contributed by atoms with van der Waals surface area (Å²) in [5.74, 6) is 0. The summed E-state index contributed by atoms with van der Waals surface area (Å²) in [6.45, 7) is 6.13. The number of ether oxygens (including phenoxy) is 1. The minimum Gasteiger partial charge on any atom is -0.391 e. The molecule has 3 heteroatoms. The molecule has 0 spiro atoms. The standard InChI is InChI=1S/C12H25NO2/c1-4-10(2)13(8-9-15-3)11-6-5-7-12(11)14/h10-12,14H,4-9H2,1-3H3/t10?,11-,12-/m1/s1. The summed E-state index contributed by atoms with van der Waals surface area (Å²) in [6, 6.07) is 0.896. The molecule has 3 atom stereocenters. The van der Waals surface area contributed by atoms with E-state index in [9.17, 15) is 5.11 Å². The number of hydrogen-bond donors (Lipinski definition) is 1. The Bertz CT molecular complexity index is 175. The number of aliphatic hydroxyl groups is 1. The molecule has 1 aliphatic rings. The van der Waals surface area contributed by atoms with Crippen molar-refractivity contribution >= 4 is 0 Å². The summed E-state index contributed by atoms with van der Waals surface area (Å²) in [5, 5.41) is 9.92. The fourth-order valence-corrected chi connectivity index (χ4v) is 2.45. The third-order valence-electron chi connectivity index (χ3n) is 3.58. The van der Waals surface area contributed by atoms with E-state index in [2.05, 4.69) is 18.7 Å². The first kappa shape index (κ1) is 12.9. The molecule has 0 heterocycles. The number of aliphatic hydroxyl groups excluding tert-OH is 1. The second kappa shape index (κ2) is 6.46. The van der Waals surface area contributed by atoms with E-state index in [1.807, 2.05) is 0 Å². The van der Waals surface area contributed by atoms with Gasteiger partial charge >= 0.3 is 0 Å². The van der Waals surface area contributed by atoms with Crippen LogP contribution in [-0.2, 0) is 4.74 Å². The molecule has 0 aromatic carbocycles. The van der Waals surface area contributed by atoms with Gasteiger partial charge in [0.25, 0.3) is 0 Å². The molecule has 1 fully saturated rings. The van der Waals surface area contributed by atoms with E-state index in [1.54, 1.807) is 7.11 Å². The van der Waals surface area contributed by atoms with Crippen LogP contribution in [0.25, 0.3) is 0 Å². The fraction of sp³-hybridized carbons (Fsp3) is 1.00. The van der Waals surface area contributed by atoms with E-state index < -0.39 is 0 Å². The van der Waals surface area contributed by atoms with E-state index in [0.29, 0.717) is 12.1 Å². The molecule has 1 unspecified atom stereocenters. The van der Waals surface area contributed by atoms with Gasteiger partial charge in [-0.1, -0.05) is 6.92 Å². The van der Waals surface area contributed by atoms with E-state index in [1.165, 1.54) is 0 Å². The minimum atomic E-state index is -0.129. The third kappa shape index (κ3) is 3.44. The Labute approximate surface area is 93.4 Å². The van der Waals surface area contributed by atoms with Crippen LogP contribution >= 0.6 is 0 Å². The van der Waals surface area contributed by atoms with E-state index in [-0.39, 0.29) is 6.10 Å². The monoisotopic (exact) mass is 215 g/mol. The Morgan fingerprint density at radius 3 is 2.67 bits per heavy atom. The first-order valence-electron chi connectivity index (χ1n) is 6.13. The van der Waals surface area contributed by atoms with Gasteiger partial charge in [-0.2, -0.15) is 0 Å². The normalized spacial score (nSPS) is 28.6. The highest BCUT2D eigenvalue weighted by Crippen LogP contribution is 2.26. The summed E-state index contributed by atoms with van der Waals surface area (Å²) in [4.78, 5) is 2.42. The molecule has 1 aliphatic carbocycles. The van der Waals surface area contributed by atoms with Crippen LogP contribution in [0.4, 0.5) is 0 Å². The average molecular weight is 215 g/mol. The summed E-state index contributed by atoms with van der Waals surface area (Å²) in [6.07, 6.45) is 4.26.